The van der Waals surface area contributed by atoms with Crippen molar-refractivity contribution in [3.63, 3.8) is 0 Å². The molecule has 0 bridgehead atoms. The quantitative estimate of drug-likeness (QED) is 0.108. The van der Waals surface area contributed by atoms with Crippen LogP contribution in [0.2, 0.25) is 0 Å². The molecule has 0 aliphatic carbocycles. The second kappa shape index (κ2) is 16.3. The van der Waals surface area contributed by atoms with Crippen molar-refractivity contribution in [2.45, 2.75) is 0 Å². The first-order valence-electron chi connectivity index (χ1n) is 1.81. The Kier molecular flexibility index (Phi) is 31.9. The summed E-state index contributed by atoms with van der Waals surface area (Å²) in [6.45, 7) is 0. The van der Waals surface area contributed by atoms with E-state index in [0.717, 1.165) is 0 Å². The van der Waals surface area contributed by atoms with Crippen LogP contribution in [0.15, 0.2) is 0 Å². The summed E-state index contributed by atoms with van der Waals surface area (Å²) in [6.07, 6.45) is 0. The molecule has 0 aliphatic rings. The standard InChI is InChI=1S/K.2HNO3.H3N.H2O4S/c;2*2-1(3)4;;1-5(2,3)4/h;2*(H,2,3,4);1H3;(H2,1,2,3,4)/q+1;;;;/p-1. The van der Waals surface area contributed by atoms with Crippen molar-refractivity contribution in [1.82, 2.24) is 6.15 Å². The Balaban J connectivity index is -0.0000000315. The maximum absolute atomic E-state index is 8.63. The molecule has 0 aromatic carbocycles. The summed E-state index contributed by atoms with van der Waals surface area (Å²) < 4.78 is 32.8. The molecule has 0 unspecified atom stereocenters. The fourth-order valence-electron chi connectivity index (χ4n) is 0. The Hall–Kier alpha value is -0.134. The summed E-state index contributed by atoms with van der Waals surface area (Å²) in [7, 11) is -4.92. The Morgan fingerprint density at radius 2 is 1.00 bits per heavy atom. The van der Waals surface area contributed by atoms with Gasteiger partial charge in [0, 0.05) is 0 Å². The van der Waals surface area contributed by atoms with Gasteiger partial charge >= 0.3 is 51.4 Å². The molecule has 0 aliphatic heterocycles. The van der Waals surface area contributed by atoms with Crippen LogP contribution in [-0.2, 0) is 10.4 Å². The molecule has 0 rings (SSSR count). The van der Waals surface area contributed by atoms with Gasteiger partial charge in [0.25, 0.3) is 10.2 Å². The summed E-state index contributed by atoms with van der Waals surface area (Å²) >= 11 is 0. The minimum Gasteiger partial charge on any atom is -0.726 e. The first kappa shape index (κ1) is 29.4. The van der Waals surface area contributed by atoms with Gasteiger partial charge in [-0.05, 0) is 0 Å². The van der Waals surface area contributed by atoms with Crippen LogP contribution in [0.4, 0.5) is 0 Å². The van der Waals surface area contributed by atoms with Crippen molar-refractivity contribution in [3.05, 3.63) is 20.2 Å². The Bertz CT molecular complexity index is 215. The van der Waals surface area contributed by atoms with E-state index in [-0.39, 0.29) is 57.5 Å². The van der Waals surface area contributed by atoms with Crippen LogP contribution in [0.3, 0.4) is 0 Å². The van der Waals surface area contributed by atoms with E-state index < -0.39 is 20.6 Å². The van der Waals surface area contributed by atoms with E-state index in [1.807, 2.05) is 0 Å². The van der Waals surface area contributed by atoms with E-state index in [1.165, 1.54) is 0 Å². The predicted molar refractivity (Wildman–Crippen MR) is 34.9 cm³/mol. The predicted octanol–water partition coefficient (Wildman–Crippen LogP) is -4.52. The molecular weight excluding hydrogens is 273 g/mol. The van der Waals surface area contributed by atoms with Gasteiger partial charge in [0.05, 0.1) is 0 Å². The van der Waals surface area contributed by atoms with E-state index in [1.54, 1.807) is 0 Å². The molecule has 6 N–H and O–H groups in total. The van der Waals surface area contributed by atoms with Crippen LogP contribution in [-0.4, -0.2) is 38.1 Å². The second-order valence-electron chi connectivity index (χ2n) is 0.903. The normalized spacial score (nSPS) is 7.07. The monoisotopic (exact) mass is 279 g/mol. The van der Waals surface area contributed by atoms with Crippen molar-refractivity contribution in [2.24, 2.45) is 0 Å². The molecule has 0 radical (unpaired) electrons. The van der Waals surface area contributed by atoms with Gasteiger partial charge in [0.1, 0.15) is 0 Å². The van der Waals surface area contributed by atoms with E-state index in [2.05, 4.69) is 0 Å². The zero-order chi connectivity index (χ0) is 11.7. The average molecular weight is 279 g/mol. The van der Waals surface area contributed by atoms with Crippen LogP contribution in [0, 0.1) is 20.2 Å². The molecule has 15 heavy (non-hydrogen) atoms. The smallest absolute Gasteiger partial charge is 0.726 e. The molecule has 0 saturated carbocycles. The van der Waals surface area contributed by atoms with Gasteiger partial charge in [-0.1, -0.05) is 0 Å². The van der Waals surface area contributed by atoms with Gasteiger partial charge in [-0.25, -0.2) is 8.42 Å². The first-order chi connectivity index (χ1) is 5.46. The molecule has 0 aromatic heterocycles. The summed E-state index contributed by atoms with van der Waals surface area (Å²) in [5, 5.41) is 27.3. The van der Waals surface area contributed by atoms with Crippen molar-refractivity contribution in [1.29, 1.82) is 0 Å². The molecule has 15 heteroatoms. The van der Waals surface area contributed by atoms with Crippen molar-refractivity contribution in [2.75, 3.05) is 0 Å². The van der Waals surface area contributed by atoms with Gasteiger partial charge < -0.3 is 21.1 Å². The first-order valence-corrected chi connectivity index (χ1v) is 3.18. The molecule has 0 aromatic rings. The average Bonchev–Trinajstić information content (AvgIpc) is 1.50. The minimum atomic E-state index is -4.92. The van der Waals surface area contributed by atoms with Crippen LogP contribution in [0.5, 0.6) is 0 Å². The van der Waals surface area contributed by atoms with Crippen LogP contribution >= 0.6 is 0 Å². The fraction of sp³-hybridized carbons (Fsp3) is 0. The Labute approximate surface area is 125 Å². The maximum atomic E-state index is 8.63. The Morgan fingerprint density at radius 3 is 1.00 bits per heavy atom. The van der Waals surface area contributed by atoms with Gasteiger partial charge in [0.15, 0.2) is 0 Å². The number of hydrogen-bond acceptors (Lipinski definition) is 8. The summed E-state index contributed by atoms with van der Waals surface area (Å²) in [4.78, 5) is 16.7. The molecule has 0 heterocycles. The third-order valence-corrected chi connectivity index (χ3v) is 0. The third kappa shape index (κ3) is 109000. The summed E-state index contributed by atoms with van der Waals surface area (Å²) in [5.74, 6) is 0. The van der Waals surface area contributed by atoms with Crippen LogP contribution < -0.4 is 57.5 Å². The van der Waals surface area contributed by atoms with Gasteiger partial charge in [-0.2, -0.15) is 0 Å². The molecule has 88 valence electrons. The molecule has 0 fully saturated rings. The summed E-state index contributed by atoms with van der Waals surface area (Å²) in [5.41, 5.74) is 0. The minimum absolute atomic E-state index is 0. The number of hydrogen-bond donors (Lipinski definition) is 4. The fourth-order valence-corrected chi connectivity index (χ4v) is 0. The molecule has 0 amide bonds. The van der Waals surface area contributed by atoms with E-state index >= 15 is 0 Å². The topological polar surface area (TPSA) is 239 Å². The van der Waals surface area contributed by atoms with Crippen LogP contribution in [0.1, 0.15) is 0 Å². The van der Waals surface area contributed by atoms with Gasteiger partial charge in [0.2, 0.25) is 10.4 Å². The van der Waals surface area contributed by atoms with Crippen molar-refractivity contribution >= 4 is 10.4 Å². The number of nitrogens with zero attached hydrogens (tertiary/aromatic N) is 2. The van der Waals surface area contributed by atoms with Crippen molar-refractivity contribution < 1.29 is 89.5 Å². The summed E-state index contributed by atoms with van der Waals surface area (Å²) in [6, 6.07) is 0. The van der Waals surface area contributed by atoms with Gasteiger partial charge in [-0.15, -0.1) is 20.2 Å². The molecule has 0 saturated heterocycles. The van der Waals surface area contributed by atoms with E-state index in [0.29, 0.717) is 0 Å². The third-order valence-electron chi connectivity index (χ3n) is 0. The van der Waals surface area contributed by atoms with Crippen LogP contribution in [0.25, 0.3) is 0 Å². The zero-order valence-corrected chi connectivity index (χ0v) is 11.1. The number of rotatable bonds is 0. The van der Waals surface area contributed by atoms with E-state index in [9.17, 15) is 0 Å². The molecule has 0 spiro atoms. The van der Waals surface area contributed by atoms with Crippen molar-refractivity contribution in [3.8, 4) is 0 Å². The SMILES string of the molecule is N.O=S(=O)([O-])O.O=[N+]([O-])O.O=[N+]([O-])O.[K+]. The second-order valence-corrected chi connectivity index (χ2v) is 1.76. The Morgan fingerprint density at radius 1 is 1.00 bits per heavy atom. The van der Waals surface area contributed by atoms with Gasteiger partial charge in [-0.3, -0.25) is 4.55 Å². The molecule has 0 atom stereocenters. The largest absolute Gasteiger partial charge is 1.00 e. The zero-order valence-electron chi connectivity index (χ0n) is 7.21. The van der Waals surface area contributed by atoms with E-state index in [4.69, 9.17) is 48.2 Å². The molecule has 13 nitrogen and oxygen atoms in total. The maximum Gasteiger partial charge on any atom is 1.00 e. The molecular formula is H6KN3O10S.